The van der Waals surface area contributed by atoms with Crippen molar-refractivity contribution in [3.63, 3.8) is 0 Å². The van der Waals surface area contributed by atoms with Gasteiger partial charge in [0.15, 0.2) is 6.61 Å². The van der Waals surface area contributed by atoms with Gasteiger partial charge in [-0.15, -0.1) is 0 Å². The average molecular weight is 361 g/mol. The van der Waals surface area contributed by atoms with Crippen LogP contribution in [0.15, 0.2) is 53.6 Å². The summed E-state index contributed by atoms with van der Waals surface area (Å²) in [6, 6.07) is 13.1. The van der Waals surface area contributed by atoms with Crippen LogP contribution in [0.25, 0.3) is 0 Å². The van der Waals surface area contributed by atoms with E-state index in [1.165, 1.54) is 18.3 Å². The number of carbonyl (C=O) groups is 1. The maximum absolute atomic E-state index is 12.6. The van der Waals surface area contributed by atoms with Crippen molar-refractivity contribution in [1.29, 1.82) is 5.26 Å². The highest BCUT2D eigenvalue weighted by Crippen LogP contribution is 2.29. The molecule has 26 heavy (non-hydrogen) atoms. The quantitative estimate of drug-likeness (QED) is 0.634. The van der Waals surface area contributed by atoms with Gasteiger partial charge in [0.05, 0.1) is 18.2 Å². The van der Waals surface area contributed by atoms with Crippen LogP contribution in [0.4, 0.5) is 13.2 Å². The van der Waals surface area contributed by atoms with Crippen molar-refractivity contribution in [3.8, 4) is 11.8 Å². The van der Waals surface area contributed by atoms with Crippen molar-refractivity contribution >= 4 is 12.1 Å². The van der Waals surface area contributed by atoms with Gasteiger partial charge in [0, 0.05) is 0 Å². The number of alkyl halides is 3. The van der Waals surface area contributed by atoms with E-state index >= 15 is 0 Å². The average Bonchev–Trinajstić information content (AvgIpc) is 2.60. The second-order valence-electron chi connectivity index (χ2n) is 5.18. The Morgan fingerprint density at radius 2 is 1.96 bits per heavy atom. The number of ether oxygens (including phenoxy) is 1. The zero-order chi connectivity index (χ0) is 19.0. The summed E-state index contributed by atoms with van der Waals surface area (Å²) in [5.41, 5.74) is 2.38. The van der Waals surface area contributed by atoms with E-state index in [4.69, 9.17) is 10.00 Å². The third-order valence-electron chi connectivity index (χ3n) is 3.21. The highest BCUT2D eigenvalue weighted by atomic mass is 19.4. The van der Waals surface area contributed by atoms with Crippen LogP contribution >= 0.6 is 0 Å². The highest BCUT2D eigenvalue weighted by molar-refractivity contribution is 5.83. The number of nitrogens with one attached hydrogen (secondary N) is 1. The molecule has 0 bridgehead atoms. The summed E-state index contributed by atoms with van der Waals surface area (Å²) in [7, 11) is 0. The van der Waals surface area contributed by atoms with Crippen LogP contribution < -0.4 is 10.2 Å². The van der Waals surface area contributed by atoms with Crippen LogP contribution in [0.1, 0.15) is 16.7 Å². The number of amides is 1. The summed E-state index contributed by atoms with van der Waals surface area (Å²) < 4.78 is 43.0. The van der Waals surface area contributed by atoms with E-state index in [1.807, 2.05) is 6.07 Å². The number of carbonyl (C=O) groups excluding carboxylic acids is 1. The molecule has 1 N–H and O–H groups in total. The number of nitrogens with zero attached hydrogens (tertiary/aromatic N) is 2. The van der Waals surface area contributed by atoms with Crippen LogP contribution in [0.5, 0.6) is 5.75 Å². The van der Waals surface area contributed by atoms with Crippen molar-refractivity contribution in [3.05, 3.63) is 65.2 Å². The molecule has 0 fully saturated rings. The summed E-state index contributed by atoms with van der Waals surface area (Å²) >= 11 is 0. The lowest BCUT2D eigenvalue weighted by molar-refractivity contribution is -0.137. The molecule has 0 aromatic heterocycles. The highest BCUT2D eigenvalue weighted by Gasteiger charge is 2.30. The molecule has 2 rings (SSSR count). The molecule has 0 spiro atoms. The lowest BCUT2D eigenvalue weighted by Crippen LogP contribution is -2.20. The van der Waals surface area contributed by atoms with Crippen molar-refractivity contribution in [1.82, 2.24) is 5.43 Å². The fourth-order valence-electron chi connectivity index (χ4n) is 2.03. The monoisotopic (exact) mass is 361 g/mol. The number of nitriles is 1. The van der Waals surface area contributed by atoms with Crippen molar-refractivity contribution in [2.75, 3.05) is 6.61 Å². The van der Waals surface area contributed by atoms with Gasteiger partial charge in [-0.3, -0.25) is 4.79 Å². The number of hydrogen-bond donors (Lipinski definition) is 1. The predicted molar refractivity (Wildman–Crippen MR) is 88.4 cm³/mol. The Hall–Kier alpha value is -3.34. The molecule has 0 saturated heterocycles. The molecule has 0 aliphatic carbocycles. The molecular weight excluding hydrogens is 347 g/mol. The van der Waals surface area contributed by atoms with E-state index in [1.54, 1.807) is 24.3 Å². The summed E-state index contributed by atoms with van der Waals surface area (Å²) in [5, 5.41) is 12.2. The second-order valence-corrected chi connectivity index (χ2v) is 5.18. The Balaban J connectivity index is 1.88. The summed E-state index contributed by atoms with van der Waals surface area (Å²) in [6.07, 6.45) is -3.28. The van der Waals surface area contributed by atoms with E-state index in [9.17, 15) is 18.0 Å². The number of halogens is 3. The molecule has 1 amide bonds. The Labute approximate surface area is 147 Å². The van der Waals surface area contributed by atoms with Crippen molar-refractivity contribution in [2.45, 2.75) is 12.6 Å². The van der Waals surface area contributed by atoms with Gasteiger partial charge in [-0.05, 0) is 41.5 Å². The summed E-state index contributed by atoms with van der Waals surface area (Å²) in [5.74, 6) is -0.00756. The van der Waals surface area contributed by atoms with Gasteiger partial charge in [-0.25, -0.2) is 5.43 Å². The van der Waals surface area contributed by atoms with E-state index in [0.29, 0.717) is 11.3 Å². The first-order valence-corrected chi connectivity index (χ1v) is 7.46. The van der Waals surface area contributed by atoms with Crippen molar-refractivity contribution < 1.29 is 22.7 Å². The third kappa shape index (κ3) is 5.94. The molecule has 0 radical (unpaired) electrons. The first-order valence-electron chi connectivity index (χ1n) is 7.46. The topological polar surface area (TPSA) is 74.5 Å². The molecule has 0 unspecified atom stereocenters. The lowest BCUT2D eigenvalue weighted by Gasteiger charge is -2.08. The van der Waals surface area contributed by atoms with Gasteiger partial charge in [-0.2, -0.15) is 23.5 Å². The molecule has 0 aliphatic rings. The fraction of sp³-hybridized carbons (Fsp3) is 0.167. The molecule has 0 heterocycles. The van der Waals surface area contributed by atoms with Crippen LogP contribution in [0.2, 0.25) is 0 Å². The van der Waals surface area contributed by atoms with Gasteiger partial charge >= 0.3 is 6.18 Å². The van der Waals surface area contributed by atoms with Gasteiger partial charge in [0.25, 0.3) is 0 Å². The molecule has 5 nitrogen and oxygen atoms in total. The molecule has 0 saturated carbocycles. The molecule has 2 aromatic carbocycles. The van der Waals surface area contributed by atoms with E-state index in [0.717, 1.165) is 12.1 Å². The second kappa shape index (κ2) is 8.67. The molecule has 8 heteroatoms. The van der Waals surface area contributed by atoms with Gasteiger partial charge in [0.2, 0.25) is 5.91 Å². The Morgan fingerprint density at radius 1 is 1.23 bits per heavy atom. The minimum absolute atomic E-state index is 0.0565. The SMILES string of the molecule is N#CCOc1ccc(/C=N/NC(=O)Cc2cccc(C(F)(F)F)c2)cc1. The molecular formula is C18H14F3N3O2. The zero-order valence-corrected chi connectivity index (χ0v) is 13.5. The van der Waals surface area contributed by atoms with Crippen molar-refractivity contribution in [2.24, 2.45) is 5.10 Å². The van der Waals surface area contributed by atoms with E-state index in [-0.39, 0.29) is 18.6 Å². The number of hydrogen-bond acceptors (Lipinski definition) is 4. The zero-order valence-electron chi connectivity index (χ0n) is 13.5. The molecule has 134 valence electrons. The maximum atomic E-state index is 12.6. The Bertz CT molecular complexity index is 825. The minimum Gasteiger partial charge on any atom is -0.479 e. The largest absolute Gasteiger partial charge is 0.479 e. The number of benzene rings is 2. The standard InChI is InChI=1S/C18H14F3N3O2/c19-18(20,21)15-3-1-2-14(10-15)11-17(25)24-23-12-13-4-6-16(7-5-13)26-9-8-22/h1-7,10,12H,9,11H2,(H,24,25)/b23-12+. The fourth-order valence-corrected chi connectivity index (χ4v) is 2.03. The normalized spacial score (nSPS) is 11.2. The van der Waals surface area contributed by atoms with Crippen LogP contribution in [-0.2, 0) is 17.4 Å². The minimum atomic E-state index is -4.45. The molecule has 0 aliphatic heterocycles. The maximum Gasteiger partial charge on any atom is 0.416 e. The third-order valence-corrected chi connectivity index (χ3v) is 3.21. The number of rotatable bonds is 6. The van der Waals surface area contributed by atoms with Gasteiger partial charge in [0.1, 0.15) is 11.8 Å². The predicted octanol–water partition coefficient (Wildman–Crippen LogP) is 3.30. The first kappa shape index (κ1) is 19.0. The van der Waals surface area contributed by atoms with Gasteiger partial charge < -0.3 is 4.74 Å². The molecule has 0 atom stereocenters. The van der Waals surface area contributed by atoms with E-state index < -0.39 is 17.6 Å². The number of hydrazone groups is 1. The lowest BCUT2D eigenvalue weighted by atomic mass is 10.1. The summed E-state index contributed by atoms with van der Waals surface area (Å²) in [4.78, 5) is 11.8. The molecule has 2 aromatic rings. The van der Waals surface area contributed by atoms with Crippen LogP contribution in [-0.4, -0.2) is 18.7 Å². The van der Waals surface area contributed by atoms with E-state index in [2.05, 4.69) is 10.5 Å². The van der Waals surface area contributed by atoms with Crippen LogP contribution in [0.3, 0.4) is 0 Å². The van der Waals surface area contributed by atoms with Crippen LogP contribution in [0, 0.1) is 11.3 Å². The Kier molecular flexibility index (Phi) is 6.33. The van der Waals surface area contributed by atoms with Gasteiger partial charge in [-0.1, -0.05) is 18.2 Å². The summed E-state index contributed by atoms with van der Waals surface area (Å²) in [6.45, 7) is -0.0565. The first-order chi connectivity index (χ1) is 12.4. The smallest absolute Gasteiger partial charge is 0.416 e. The Morgan fingerprint density at radius 3 is 2.62 bits per heavy atom.